The number of hydrogen-bond donors (Lipinski definition) is 0. The second-order valence-corrected chi connectivity index (χ2v) is 6.89. The summed E-state index contributed by atoms with van der Waals surface area (Å²) >= 11 is 0. The Morgan fingerprint density at radius 2 is 1.96 bits per heavy atom. The summed E-state index contributed by atoms with van der Waals surface area (Å²) in [6, 6.07) is 15.8. The third-order valence-electron chi connectivity index (χ3n) is 5.22. The number of benzene rings is 2. The van der Waals surface area contributed by atoms with E-state index in [1.165, 1.54) is 5.56 Å². The molecule has 0 amide bonds. The fraction of sp³-hybridized carbons (Fsp3) is 0.333. The van der Waals surface area contributed by atoms with E-state index >= 15 is 0 Å². The lowest BCUT2D eigenvalue weighted by Gasteiger charge is -2.37. The molecule has 2 nitrogen and oxygen atoms in total. The molecule has 0 N–H and O–H groups in total. The van der Waals surface area contributed by atoms with Gasteiger partial charge in [-0.25, -0.2) is 4.39 Å². The van der Waals surface area contributed by atoms with Crippen molar-refractivity contribution in [3.05, 3.63) is 71.7 Å². The number of hydrogen-bond acceptors (Lipinski definition) is 2. The maximum absolute atomic E-state index is 14.5. The molecular formula is C21H22FNO. The fourth-order valence-electron chi connectivity index (χ4n) is 4.02. The van der Waals surface area contributed by atoms with E-state index < -0.39 is 0 Å². The molecule has 0 aliphatic carbocycles. The van der Waals surface area contributed by atoms with E-state index in [0.717, 1.165) is 42.6 Å². The van der Waals surface area contributed by atoms with E-state index in [1.807, 2.05) is 12.1 Å². The molecule has 1 aliphatic rings. The number of nitrogens with zero attached hydrogens (tertiary/aromatic N) is 1. The third-order valence-corrected chi connectivity index (χ3v) is 5.22. The highest BCUT2D eigenvalue weighted by atomic mass is 19.1. The van der Waals surface area contributed by atoms with Gasteiger partial charge < -0.3 is 4.42 Å². The first-order valence-corrected chi connectivity index (χ1v) is 8.64. The Hall–Kier alpha value is -2.13. The van der Waals surface area contributed by atoms with Crippen LogP contribution in [-0.4, -0.2) is 18.0 Å². The van der Waals surface area contributed by atoms with Gasteiger partial charge >= 0.3 is 0 Å². The van der Waals surface area contributed by atoms with Crippen LogP contribution in [-0.2, 0) is 6.54 Å². The van der Waals surface area contributed by atoms with Gasteiger partial charge in [-0.3, -0.25) is 4.90 Å². The van der Waals surface area contributed by atoms with Crippen LogP contribution < -0.4 is 0 Å². The number of piperidine rings is 1. The molecule has 0 bridgehead atoms. The molecule has 0 spiro atoms. The molecule has 1 fully saturated rings. The molecule has 2 heterocycles. The van der Waals surface area contributed by atoms with Crippen LogP contribution in [0.1, 0.15) is 30.4 Å². The summed E-state index contributed by atoms with van der Waals surface area (Å²) in [6.45, 7) is 5.16. The number of halogens is 1. The molecule has 1 aliphatic heterocycles. The number of likely N-dealkylation sites (tertiary alicyclic amines) is 1. The van der Waals surface area contributed by atoms with Gasteiger partial charge in [0.05, 0.1) is 6.26 Å². The number of rotatable bonds is 3. The van der Waals surface area contributed by atoms with Crippen molar-refractivity contribution in [1.82, 2.24) is 4.90 Å². The predicted molar refractivity (Wildman–Crippen MR) is 94.4 cm³/mol. The molecule has 2 aromatic carbocycles. The average molecular weight is 323 g/mol. The Bertz CT molecular complexity index is 826. The summed E-state index contributed by atoms with van der Waals surface area (Å²) in [5.41, 5.74) is 2.83. The first-order valence-electron chi connectivity index (χ1n) is 8.64. The highest BCUT2D eigenvalue weighted by Crippen LogP contribution is 2.38. The predicted octanol–water partition coefficient (Wildman–Crippen LogP) is 5.20. The van der Waals surface area contributed by atoms with Crippen LogP contribution in [0.2, 0.25) is 0 Å². The van der Waals surface area contributed by atoms with E-state index in [4.69, 9.17) is 4.42 Å². The first kappa shape index (κ1) is 15.4. The minimum atomic E-state index is -0.134. The molecule has 2 atom stereocenters. The number of fused-ring (bicyclic) bond motifs is 1. The van der Waals surface area contributed by atoms with Crippen molar-refractivity contribution < 1.29 is 8.81 Å². The van der Waals surface area contributed by atoms with Crippen LogP contribution >= 0.6 is 0 Å². The molecule has 3 heteroatoms. The zero-order valence-electron chi connectivity index (χ0n) is 13.9. The lowest BCUT2D eigenvalue weighted by Crippen LogP contribution is -2.38. The quantitative estimate of drug-likeness (QED) is 0.659. The van der Waals surface area contributed by atoms with Gasteiger partial charge in [0.15, 0.2) is 0 Å². The van der Waals surface area contributed by atoms with Crippen LogP contribution in [0.3, 0.4) is 0 Å². The van der Waals surface area contributed by atoms with E-state index in [-0.39, 0.29) is 11.7 Å². The summed E-state index contributed by atoms with van der Waals surface area (Å²) in [6.07, 6.45) is 2.62. The molecule has 124 valence electrons. The van der Waals surface area contributed by atoms with E-state index in [2.05, 4.69) is 36.1 Å². The summed E-state index contributed by atoms with van der Waals surface area (Å²) in [5.74, 6) is 0.477. The Morgan fingerprint density at radius 1 is 1.12 bits per heavy atom. The highest BCUT2D eigenvalue weighted by molar-refractivity contribution is 5.81. The Kier molecular flexibility index (Phi) is 4.11. The largest absolute Gasteiger partial charge is 0.464 e. The first-order chi connectivity index (χ1) is 11.7. The molecule has 3 aromatic rings. The van der Waals surface area contributed by atoms with Gasteiger partial charge in [-0.2, -0.15) is 0 Å². The molecule has 1 aromatic heterocycles. The van der Waals surface area contributed by atoms with E-state index in [0.29, 0.717) is 5.92 Å². The maximum atomic E-state index is 14.5. The molecule has 0 radical (unpaired) electrons. The Morgan fingerprint density at radius 3 is 2.75 bits per heavy atom. The maximum Gasteiger partial charge on any atom is 0.140 e. The van der Waals surface area contributed by atoms with E-state index in [1.54, 1.807) is 18.4 Å². The fourth-order valence-corrected chi connectivity index (χ4v) is 4.02. The zero-order valence-corrected chi connectivity index (χ0v) is 13.9. The third kappa shape index (κ3) is 2.84. The minimum Gasteiger partial charge on any atom is -0.464 e. The van der Waals surface area contributed by atoms with Crippen molar-refractivity contribution in [3.63, 3.8) is 0 Å². The molecule has 0 saturated carbocycles. The SMILES string of the molecule is C[C@H]1CN(Cc2ccccc2)CC[C@@H]1c1c(F)ccc2ccoc12. The van der Waals surface area contributed by atoms with Crippen LogP contribution in [0.4, 0.5) is 4.39 Å². The lowest BCUT2D eigenvalue weighted by molar-refractivity contribution is 0.154. The van der Waals surface area contributed by atoms with E-state index in [9.17, 15) is 4.39 Å². The molecular weight excluding hydrogens is 301 g/mol. The molecule has 0 unspecified atom stereocenters. The smallest absolute Gasteiger partial charge is 0.140 e. The van der Waals surface area contributed by atoms with Gasteiger partial charge in [0.2, 0.25) is 0 Å². The van der Waals surface area contributed by atoms with Crippen molar-refractivity contribution in [3.8, 4) is 0 Å². The minimum absolute atomic E-state index is 0.134. The van der Waals surface area contributed by atoms with Gasteiger partial charge in [0.1, 0.15) is 11.4 Å². The van der Waals surface area contributed by atoms with Crippen LogP contribution in [0, 0.1) is 11.7 Å². The van der Waals surface area contributed by atoms with Crippen molar-refractivity contribution in [2.24, 2.45) is 5.92 Å². The van der Waals surface area contributed by atoms with Gasteiger partial charge in [-0.1, -0.05) is 37.3 Å². The Labute approximate surface area is 141 Å². The van der Waals surface area contributed by atoms with Gasteiger partial charge in [-0.15, -0.1) is 0 Å². The number of furan rings is 1. The van der Waals surface area contributed by atoms with Crippen LogP contribution in [0.5, 0.6) is 0 Å². The van der Waals surface area contributed by atoms with Gasteiger partial charge in [0.25, 0.3) is 0 Å². The van der Waals surface area contributed by atoms with Crippen molar-refractivity contribution in [2.45, 2.75) is 25.8 Å². The standard InChI is InChI=1S/C21H22FNO/c1-15-13-23(14-16-5-3-2-4-6-16)11-9-18(15)20-19(22)8-7-17-10-12-24-21(17)20/h2-8,10,12,15,18H,9,11,13-14H2,1H3/t15-,18-/m0/s1. The summed E-state index contributed by atoms with van der Waals surface area (Å²) in [4.78, 5) is 2.47. The topological polar surface area (TPSA) is 16.4 Å². The monoisotopic (exact) mass is 323 g/mol. The Balaban J connectivity index is 1.54. The van der Waals surface area contributed by atoms with Crippen molar-refractivity contribution in [1.29, 1.82) is 0 Å². The van der Waals surface area contributed by atoms with Crippen LogP contribution in [0.25, 0.3) is 11.0 Å². The average Bonchev–Trinajstić information content (AvgIpc) is 3.05. The van der Waals surface area contributed by atoms with Gasteiger partial charge in [0, 0.05) is 24.0 Å². The summed E-state index contributed by atoms with van der Waals surface area (Å²) in [7, 11) is 0. The summed E-state index contributed by atoms with van der Waals surface area (Å²) in [5, 5.41) is 0.991. The lowest BCUT2D eigenvalue weighted by atomic mass is 9.80. The highest BCUT2D eigenvalue weighted by Gasteiger charge is 2.31. The molecule has 24 heavy (non-hydrogen) atoms. The zero-order chi connectivity index (χ0) is 16.5. The summed E-state index contributed by atoms with van der Waals surface area (Å²) < 4.78 is 20.1. The van der Waals surface area contributed by atoms with Crippen LogP contribution in [0.15, 0.2) is 59.2 Å². The molecule has 1 saturated heterocycles. The second kappa shape index (κ2) is 6.40. The molecule has 4 rings (SSSR count). The van der Waals surface area contributed by atoms with Crippen molar-refractivity contribution >= 4 is 11.0 Å². The normalized spacial score (nSPS) is 22.1. The van der Waals surface area contributed by atoms with Crippen molar-refractivity contribution in [2.75, 3.05) is 13.1 Å². The second-order valence-electron chi connectivity index (χ2n) is 6.89. The van der Waals surface area contributed by atoms with Gasteiger partial charge in [-0.05, 0) is 48.6 Å².